The number of nitrogens with zero attached hydrogens (tertiary/aromatic N) is 1. The number of amides is 1. The Morgan fingerprint density at radius 2 is 1.89 bits per heavy atom. The summed E-state index contributed by atoms with van der Waals surface area (Å²) < 4.78 is 0. The molecular weight excluding hydrogens is 393 g/mol. The first kappa shape index (κ1) is 19.4. The molecule has 0 radical (unpaired) electrons. The summed E-state index contributed by atoms with van der Waals surface area (Å²) in [5.41, 5.74) is 0.675. The first-order chi connectivity index (χ1) is 12.8. The van der Waals surface area contributed by atoms with E-state index in [2.05, 4.69) is 10.6 Å². The summed E-state index contributed by atoms with van der Waals surface area (Å²) in [5.74, 6) is -0.333. The van der Waals surface area contributed by atoms with Gasteiger partial charge in [0.15, 0.2) is 0 Å². The summed E-state index contributed by atoms with van der Waals surface area (Å²) in [6.07, 6.45) is 0.885. The number of rotatable bonds is 7. The van der Waals surface area contributed by atoms with Crippen LogP contribution in [0.1, 0.15) is 34.9 Å². The molecule has 7 nitrogen and oxygen atoms in total. The molecule has 1 aliphatic carbocycles. The molecule has 1 saturated carbocycles. The summed E-state index contributed by atoms with van der Waals surface area (Å²) in [6.45, 7) is 0.00509. The van der Waals surface area contributed by atoms with Gasteiger partial charge in [-0.15, -0.1) is 0 Å². The summed E-state index contributed by atoms with van der Waals surface area (Å²) in [6, 6.07) is 9.03. The zero-order valence-electron chi connectivity index (χ0n) is 14.1. The molecule has 3 rings (SSSR count). The van der Waals surface area contributed by atoms with Gasteiger partial charge in [0.2, 0.25) is 0 Å². The summed E-state index contributed by atoms with van der Waals surface area (Å²) >= 11 is 11.8. The lowest BCUT2D eigenvalue weighted by Gasteiger charge is -2.14. The van der Waals surface area contributed by atoms with Crippen molar-refractivity contribution in [3.63, 3.8) is 0 Å². The number of aliphatic hydroxyl groups excluding tert-OH is 1. The maximum absolute atomic E-state index is 12.1. The number of nitro benzene ring substituents is 1. The maximum Gasteiger partial charge on any atom is 0.293 e. The standard InChI is InChI=1S/C18H17Cl2N3O4/c19-12-5-11(6-13(20)8-12)17(24)9-21-15-4-1-10(7-16(15)23(26)27)18(25)22-14-2-3-14/h1,4-8,14,17,21,24H,2-3,9H2,(H,22,25). The number of hydrogen-bond acceptors (Lipinski definition) is 5. The molecule has 0 saturated heterocycles. The number of hydrogen-bond donors (Lipinski definition) is 3. The van der Waals surface area contributed by atoms with E-state index in [1.807, 2.05) is 0 Å². The van der Waals surface area contributed by atoms with Gasteiger partial charge in [-0.05, 0) is 48.7 Å². The van der Waals surface area contributed by atoms with Gasteiger partial charge in [-0.25, -0.2) is 0 Å². The van der Waals surface area contributed by atoms with Crippen LogP contribution in [0.25, 0.3) is 0 Å². The van der Waals surface area contributed by atoms with Gasteiger partial charge in [0.1, 0.15) is 5.69 Å². The highest BCUT2D eigenvalue weighted by atomic mass is 35.5. The van der Waals surface area contributed by atoms with Crippen molar-refractivity contribution in [3.05, 3.63) is 67.7 Å². The molecule has 1 atom stereocenters. The van der Waals surface area contributed by atoms with E-state index >= 15 is 0 Å². The molecule has 0 heterocycles. The Morgan fingerprint density at radius 3 is 2.48 bits per heavy atom. The SMILES string of the molecule is O=C(NC1CC1)c1ccc(NCC(O)c2cc(Cl)cc(Cl)c2)c([N+](=O)[O-])c1. The smallest absolute Gasteiger partial charge is 0.293 e. The predicted molar refractivity (Wildman–Crippen MR) is 103 cm³/mol. The highest BCUT2D eigenvalue weighted by Gasteiger charge is 2.25. The van der Waals surface area contributed by atoms with Crippen molar-refractivity contribution >= 4 is 40.5 Å². The summed E-state index contributed by atoms with van der Waals surface area (Å²) in [4.78, 5) is 22.9. The van der Waals surface area contributed by atoms with E-state index in [1.165, 1.54) is 18.2 Å². The van der Waals surface area contributed by atoms with Crippen molar-refractivity contribution in [1.29, 1.82) is 0 Å². The molecule has 0 aromatic heterocycles. The van der Waals surface area contributed by atoms with E-state index in [-0.39, 0.29) is 35.4 Å². The first-order valence-corrected chi connectivity index (χ1v) is 9.06. The Balaban J connectivity index is 1.73. The van der Waals surface area contributed by atoms with Crippen LogP contribution in [0.5, 0.6) is 0 Å². The number of carbonyl (C=O) groups is 1. The van der Waals surface area contributed by atoms with Crippen LogP contribution in [-0.4, -0.2) is 28.5 Å². The van der Waals surface area contributed by atoms with Gasteiger partial charge in [-0.3, -0.25) is 14.9 Å². The van der Waals surface area contributed by atoms with Gasteiger partial charge in [0.05, 0.1) is 11.0 Å². The molecular formula is C18H17Cl2N3O4. The van der Waals surface area contributed by atoms with E-state index in [9.17, 15) is 20.0 Å². The van der Waals surface area contributed by atoms with Crippen LogP contribution in [0.4, 0.5) is 11.4 Å². The average molecular weight is 410 g/mol. The van der Waals surface area contributed by atoms with Crippen molar-refractivity contribution in [2.45, 2.75) is 25.0 Å². The Bertz CT molecular complexity index is 867. The zero-order chi connectivity index (χ0) is 19.6. The van der Waals surface area contributed by atoms with Gasteiger partial charge >= 0.3 is 0 Å². The van der Waals surface area contributed by atoms with Crippen molar-refractivity contribution < 1.29 is 14.8 Å². The van der Waals surface area contributed by atoms with E-state index in [0.29, 0.717) is 15.6 Å². The highest BCUT2D eigenvalue weighted by Crippen LogP contribution is 2.28. The number of anilines is 1. The van der Waals surface area contributed by atoms with E-state index < -0.39 is 11.0 Å². The molecule has 2 aromatic rings. The molecule has 1 amide bonds. The molecule has 0 spiro atoms. The number of nitrogens with one attached hydrogen (secondary N) is 2. The highest BCUT2D eigenvalue weighted by molar-refractivity contribution is 6.34. The third-order valence-corrected chi connectivity index (χ3v) is 4.56. The Hall–Kier alpha value is -2.35. The Kier molecular flexibility index (Phi) is 5.84. The van der Waals surface area contributed by atoms with Crippen LogP contribution in [0.15, 0.2) is 36.4 Å². The number of nitro groups is 1. The molecule has 1 unspecified atom stereocenters. The lowest BCUT2D eigenvalue weighted by atomic mass is 10.1. The van der Waals surface area contributed by atoms with Crippen molar-refractivity contribution in [3.8, 4) is 0 Å². The minimum Gasteiger partial charge on any atom is -0.387 e. The largest absolute Gasteiger partial charge is 0.387 e. The molecule has 3 N–H and O–H groups in total. The molecule has 142 valence electrons. The fraction of sp³-hybridized carbons (Fsp3) is 0.278. The van der Waals surface area contributed by atoms with Gasteiger partial charge < -0.3 is 15.7 Å². The molecule has 27 heavy (non-hydrogen) atoms. The number of benzene rings is 2. The normalized spacial score (nSPS) is 14.5. The van der Waals surface area contributed by atoms with Crippen molar-refractivity contribution in [2.24, 2.45) is 0 Å². The number of carbonyl (C=O) groups excluding carboxylic acids is 1. The zero-order valence-corrected chi connectivity index (χ0v) is 15.6. The summed E-state index contributed by atoms with van der Waals surface area (Å²) in [5, 5.41) is 28.1. The van der Waals surface area contributed by atoms with Gasteiger partial charge in [0, 0.05) is 34.3 Å². The third-order valence-electron chi connectivity index (χ3n) is 4.12. The molecule has 1 aliphatic rings. The number of halogens is 2. The van der Waals surface area contributed by atoms with Crippen LogP contribution in [0.2, 0.25) is 10.0 Å². The molecule has 0 aliphatic heterocycles. The molecule has 0 bridgehead atoms. The van der Waals surface area contributed by atoms with Gasteiger partial charge in [0.25, 0.3) is 11.6 Å². The van der Waals surface area contributed by atoms with Crippen LogP contribution in [0, 0.1) is 10.1 Å². The van der Waals surface area contributed by atoms with Crippen LogP contribution in [-0.2, 0) is 0 Å². The molecule has 9 heteroatoms. The second-order valence-corrected chi connectivity index (χ2v) is 7.21. The Labute approximate surface area is 165 Å². The second kappa shape index (κ2) is 8.12. The quantitative estimate of drug-likeness (QED) is 0.474. The average Bonchev–Trinajstić information content (AvgIpc) is 3.42. The molecule has 2 aromatic carbocycles. The predicted octanol–water partition coefficient (Wildman–Crippen LogP) is 3.94. The maximum atomic E-state index is 12.1. The minimum atomic E-state index is -0.973. The van der Waals surface area contributed by atoms with Gasteiger partial charge in [-0.1, -0.05) is 23.2 Å². The monoisotopic (exact) mass is 409 g/mol. The summed E-state index contributed by atoms with van der Waals surface area (Å²) in [7, 11) is 0. The lowest BCUT2D eigenvalue weighted by Crippen LogP contribution is -2.25. The van der Waals surface area contributed by atoms with Crippen molar-refractivity contribution in [2.75, 3.05) is 11.9 Å². The van der Waals surface area contributed by atoms with Crippen LogP contribution < -0.4 is 10.6 Å². The Morgan fingerprint density at radius 1 is 1.22 bits per heavy atom. The van der Waals surface area contributed by atoms with E-state index in [4.69, 9.17) is 23.2 Å². The molecule has 1 fully saturated rings. The van der Waals surface area contributed by atoms with Crippen molar-refractivity contribution in [1.82, 2.24) is 5.32 Å². The topological polar surface area (TPSA) is 104 Å². The third kappa shape index (κ3) is 5.09. The van der Waals surface area contributed by atoms with E-state index in [0.717, 1.165) is 12.8 Å². The number of aliphatic hydroxyl groups is 1. The fourth-order valence-electron chi connectivity index (χ4n) is 2.56. The second-order valence-electron chi connectivity index (χ2n) is 6.34. The first-order valence-electron chi connectivity index (χ1n) is 8.30. The van der Waals surface area contributed by atoms with Crippen LogP contribution >= 0.6 is 23.2 Å². The fourth-order valence-corrected chi connectivity index (χ4v) is 3.10. The minimum absolute atomic E-state index is 0.00509. The lowest BCUT2D eigenvalue weighted by molar-refractivity contribution is -0.384. The van der Waals surface area contributed by atoms with Crippen LogP contribution in [0.3, 0.4) is 0 Å². The van der Waals surface area contributed by atoms with Gasteiger partial charge in [-0.2, -0.15) is 0 Å². The van der Waals surface area contributed by atoms with E-state index in [1.54, 1.807) is 18.2 Å².